The number of halogens is 3. The number of carbonyl (C=O) groups is 2. The van der Waals surface area contributed by atoms with Crippen LogP contribution >= 0.6 is 34.8 Å². The minimum atomic E-state index is -4.40. The highest BCUT2D eigenvalue weighted by Crippen LogP contribution is 2.33. The van der Waals surface area contributed by atoms with Gasteiger partial charge in [-0.3, -0.25) is 13.9 Å². The lowest BCUT2D eigenvalue weighted by atomic mass is 10.0. The van der Waals surface area contributed by atoms with Crippen molar-refractivity contribution in [3.8, 4) is 11.5 Å². The van der Waals surface area contributed by atoms with Gasteiger partial charge in [-0.2, -0.15) is 0 Å². The van der Waals surface area contributed by atoms with Gasteiger partial charge in [-0.1, -0.05) is 78.1 Å². The summed E-state index contributed by atoms with van der Waals surface area (Å²) in [7, 11) is -1.57. The molecule has 0 saturated heterocycles. The zero-order chi connectivity index (χ0) is 35.7. The van der Waals surface area contributed by atoms with Crippen molar-refractivity contribution in [2.75, 3.05) is 25.1 Å². The molecule has 0 spiro atoms. The Morgan fingerprint density at radius 1 is 0.837 bits per heavy atom. The molecule has 49 heavy (non-hydrogen) atoms. The number of sulfonamides is 1. The molecule has 0 aliphatic rings. The van der Waals surface area contributed by atoms with E-state index in [0.717, 1.165) is 9.87 Å². The Kier molecular flexibility index (Phi) is 13.2. The number of hydrogen-bond donors (Lipinski definition) is 1. The molecular weight excluding hydrogens is 709 g/mol. The van der Waals surface area contributed by atoms with Gasteiger partial charge in [-0.15, -0.1) is 0 Å². The maximum atomic E-state index is 14.7. The molecule has 0 heterocycles. The number of benzene rings is 4. The largest absolute Gasteiger partial charge is 0.493 e. The molecule has 13 heteroatoms. The fraction of sp³-hybridized carbons (Fsp3) is 0.278. The average molecular weight is 747 g/mol. The van der Waals surface area contributed by atoms with Gasteiger partial charge >= 0.3 is 0 Å². The van der Waals surface area contributed by atoms with Gasteiger partial charge in [0.25, 0.3) is 10.0 Å². The van der Waals surface area contributed by atoms with Gasteiger partial charge in [-0.25, -0.2) is 8.42 Å². The van der Waals surface area contributed by atoms with Crippen LogP contribution in [0, 0.1) is 0 Å². The molecule has 0 aliphatic carbocycles. The van der Waals surface area contributed by atoms with Crippen molar-refractivity contribution in [1.29, 1.82) is 0 Å². The molecule has 0 saturated carbocycles. The summed E-state index contributed by atoms with van der Waals surface area (Å²) in [5, 5.41) is 4.07. The average Bonchev–Trinajstić information content (AvgIpc) is 3.09. The molecule has 2 amide bonds. The number of nitrogens with zero attached hydrogens (tertiary/aromatic N) is 2. The van der Waals surface area contributed by atoms with E-state index in [1.165, 1.54) is 61.6 Å². The first-order valence-electron chi connectivity index (χ1n) is 15.5. The van der Waals surface area contributed by atoms with Crippen molar-refractivity contribution in [3.05, 3.63) is 117 Å². The summed E-state index contributed by atoms with van der Waals surface area (Å²) in [4.78, 5) is 29.9. The van der Waals surface area contributed by atoms with Gasteiger partial charge < -0.3 is 19.7 Å². The predicted octanol–water partition coefficient (Wildman–Crippen LogP) is 7.41. The normalized spacial score (nSPS) is 12.5. The van der Waals surface area contributed by atoms with E-state index >= 15 is 0 Å². The van der Waals surface area contributed by atoms with Crippen LogP contribution in [-0.2, 0) is 32.6 Å². The lowest BCUT2D eigenvalue weighted by Crippen LogP contribution is -2.54. The van der Waals surface area contributed by atoms with Crippen LogP contribution in [0.25, 0.3) is 0 Å². The predicted molar refractivity (Wildman–Crippen MR) is 194 cm³/mol. The van der Waals surface area contributed by atoms with Crippen LogP contribution in [-0.4, -0.2) is 58.0 Å². The molecule has 1 N–H and O–H groups in total. The quantitative estimate of drug-likeness (QED) is 0.136. The lowest BCUT2D eigenvalue weighted by molar-refractivity contribution is -0.140. The van der Waals surface area contributed by atoms with E-state index in [4.69, 9.17) is 44.3 Å². The van der Waals surface area contributed by atoms with Gasteiger partial charge in [0, 0.05) is 40.1 Å². The second-order valence-corrected chi connectivity index (χ2v) is 14.4. The Morgan fingerprint density at radius 2 is 1.49 bits per heavy atom. The molecule has 260 valence electrons. The highest BCUT2D eigenvalue weighted by Gasteiger charge is 2.35. The summed E-state index contributed by atoms with van der Waals surface area (Å²) in [6.45, 7) is 3.05. The second-order valence-electron chi connectivity index (χ2n) is 11.3. The van der Waals surface area contributed by atoms with Crippen LogP contribution in [0.1, 0.15) is 31.4 Å². The number of ether oxygens (including phenoxy) is 2. The second kappa shape index (κ2) is 17.1. The van der Waals surface area contributed by atoms with Gasteiger partial charge in [-0.05, 0) is 73.0 Å². The lowest BCUT2D eigenvalue weighted by Gasteiger charge is -2.34. The molecule has 4 aromatic rings. The van der Waals surface area contributed by atoms with Crippen molar-refractivity contribution < 1.29 is 27.5 Å². The first-order valence-corrected chi connectivity index (χ1v) is 18.0. The SMILES string of the molecule is CCC(C)NC(=O)C(Cc1ccccc1)N(Cc1ccc(Cl)cc1Cl)C(=O)CN(c1ccc(Cl)cc1)S(=O)(=O)c1ccc(OC)c(OC)c1. The summed E-state index contributed by atoms with van der Waals surface area (Å²) in [5.74, 6) is -0.519. The maximum Gasteiger partial charge on any atom is 0.264 e. The van der Waals surface area contributed by atoms with E-state index < -0.39 is 34.4 Å². The third-order valence-electron chi connectivity index (χ3n) is 7.96. The molecule has 0 radical (unpaired) electrons. The fourth-order valence-electron chi connectivity index (χ4n) is 5.07. The Bertz CT molecular complexity index is 1860. The molecule has 2 atom stereocenters. The summed E-state index contributed by atoms with van der Waals surface area (Å²) >= 11 is 18.9. The summed E-state index contributed by atoms with van der Waals surface area (Å²) in [6, 6.07) is 23.2. The Labute approximate surface area is 302 Å². The maximum absolute atomic E-state index is 14.7. The summed E-state index contributed by atoms with van der Waals surface area (Å²) < 4.78 is 40.4. The number of rotatable bonds is 15. The van der Waals surface area contributed by atoms with Gasteiger partial charge in [0.1, 0.15) is 12.6 Å². The van der Waals surface area contributed by atoms with E-state index in [2.05, 4.69) is 5.32 Å². The fourth-order valence-corrected chi connectivity index (χ4v) is 7.09. The molecular formula is C36H38Cl3N3O6S. The number of hydrogen-bond acceptors (Lipinski definition) is 6. The molecule has 0 aromatic heterocycles. The van der Waals surface area contributed by atoms with E-state index in [1.54, 1.807) is 18.2 Å². The Hall–Kier alpha value is -3.96. The van der Waals surface area contributed by atoms with Crippen LogP contribution in [0.3, 0.4) is 0 Å². The smallest absolute Gasteiger partial charge is 0.264 e. The molecule has 0 bridgehead atoms. The molecule has 4 rings (SSSR count). The molecule has 2 unspecified atom stereocenters. The third kappa shape index (κ3) is 9.60. The zero-order valence-corrected chi connectivity index (χ0v) is 30.6. The van der Waals surface area contributed by atoms with Gasteiger partial charge in [0.05, 0.1) is 24.8 Å². The van der Waals surface area contributed by atoms with Crippen LogP contribution in [0.4, 0.5) is 5.69 Å². The highest BCUT2D eigenvalue weighted by atomic mass is 35.5. The number of methoxy groups -OCH3 is 2. The number of amides is 2. The van der Waals surface area contributed by atoms with Gasteiger partial charge in [0.2, 0.25) is 11.8 Å². The molecule has 9 nitrogen and oxygen atoms in total. The van der Waals surface area contributed by atoms with Crippen molar-refractivity contribution >= 4 is 62.3 Å². The van der Waals surface area contributed by atoms with Crippen LogP contribution in [0.15, 0.2) is 95.9 Å². The van der Waals surface area contributed by atoms with Crippen LogP contribution in [0.5, 0.6) is 11.5 Å². The summed E-state index contributed by atoms with van der Waals surface area (Å²) in [6.07, 6.45) is 0.818. The molecule has 4 aromatic carbocycles. The van der Waals surface area contributed by atoms with Crippen molar-refractivity contribution in [2.45, 2.75) is 50.2 Å². The minimum absolute atomic E-state index is 0.106. The Morgan fingerprint density at radius 3 is 2.10 bits per heavy atom. The third-order valence-corrected chi connectivity index (χ3v) is 10.6. The number of nitrogens with one attached hydrogen (secondary N) is 1. The Balaban J connectivity index is 1.85. The van der Waals surface area contributed by atoms with E-state index in [1.807, 2.05) is 44.2 Å². The van der Waals surface area contributed by atoms with E-state index in [9.17, 15) is 18.0 Å². The summed E-state index contributed by atoms with van der Waals surface area (Å²) in [5.41, 5.74) is 1.51. The van der Waals surface area contributed by atoms with Crippen molar-refractivity contribution in [1.82, 2.24) is 10.2 Å². The van der Waals surface area contributed by atoms with E-state index in [-0.39, 0.29) is 35.3 Å². The first kappa shape index (κ1) is 37.9. The van der Waals surface area contributed by atoms with Crippen LogP contribution in [0.2, 0.25) is 15.1 Å². The molecule has 0 fully saturated rings. The molecule has 0 aliphatic heterocycles. The van der Waals surface area contributed by atoms with E-state index in [0.29, 0.717) is 32.8 Å². The van der Waals surface area contributed by atoms with Crippen molar-refractivity contribution in [3.63, 3.8) is 0 Å². The topological polar surface area (TPSA) is 105 Å². The zero-order valence-electron chi connectivity index (χ0n) is 27.5. The number of carbonyl (C=O) groups excluding carboxylic acids is 2. The monoisotopic (exact) mass is 745 g/mol. The standard InChI is InChI=1S/C36H38Cl3N3O6S/c1-5-24(2)40-36(44)32(19-25-9-7-6-8-10-25)41(22-26-11-12-28(38)20-31(26)39)35(43)23-42(29-15-13-27(37)14-16-29)49(45,46)30-17-18-33(47-3)34(21-30)48-4/h6-18,20-21,24,32H,5,19,22-23H2,1-4H3,(H,40,44). The number of anilines is 1. The first-order chi connectivity index (χ1) is 23.4. The highest BCUT2D eigenvalue weighted by molar-refractivity contribution is 7.92. The van der Waals surface area contributed by atoms with Crippen LogP contribution < -0.4 is 19.1 Å². The van der Waals surface area contributed by atoms with Crippen molar-refractivity contribution in [2.24, 2.45) is 0 Å². The minimum Gasteiger partial charge on any atom is -0.493 e. The van der Waals surface area contributed by atoms with Gasteiger partial charge in [0.15, 0.2) is 11.5 Å².